The van der Waals surface area contributed by atoms with E-state index in [1.807, 2.05) is 30.5 Å². The molecule has 2 bridgehead atoms. The Balaban J connectivity index is 0.000000158. The van der Waals surface area contributed by atoms with E-state index in [4.69, 9.17) is 9.97 Å². The molecule has 3 aliphatic carbocycles. The molecule has 3 fully saturated rings. The molecular formula is C40H34IrN3. The van der Waals surface area contributed by atoms with Crippen LogP contribution in [0.4, 0.5) is 0 Å². The Morgan fingerprint density at radius 3 is 2.30 bits per heavy atom. The van der Waals surface area contributed by atoms with E-state index in [-0.39, 0.29) is 20.1 Å². The second-order valence-electron chi connectivity index (χ2n) is 12.9. The molecule has 3 aliphatic rings. The molecule has 1 atom stereocenters. The van der Waals surface area contributed by atoms with E-state index in [9.17, 15) is 0 Å². The average Bonchev–Trinajstić information content (AvgIpc) is 3.46. The Labute approximate surface area is 272 Å². The Hall–Kier alpha value is -3.85. The standard InChI is InChI=1S/C24H14N3.C16H20.Ir/c1-2-8-16(9-3-1)17-14-15-25-23-18-10-4-6-12-20(18)27-21-13-7-5-11-19(21)26-24(27)22(17)23;1-15-8-10-16(2,11-9-15)14(12-15)13-6-4-3-5-7-13;/h1-9,11-15H;3-6,12,14H,8-11H2,1-2H3;/q-1;-2;+3. The van der Waals surface area contributed by atoms with Crippen molar-refractivity contribution in [3.05, 3.63) is 133 Å². The predicted molar refractivity (Wildman–Crippen MR) is 177 cm³/mol. The summed E-state index contributed by atoms with van der Waals surface area (Å²) in [7, 11) is 0. The molecule has 4 aromatic carbocycles. The van der Waals surface area contributed by atoms with Gasteiger partial charge in [-0.2, -0.15) is 47.2 Å². The summed E-state index contributed by atoms with van der Waals surface area (Å²) in [6.07, 6.45) is 10.0. The number of imidazole rings is 1. The largest absolute Gasteiger partial charge is 3.00 e. The summed E-state index contributed by atoms with van der Waals surface area (Å²) in [4.78, 5) is 9.72. The van der Waals surface area contributed by atoms with Crippen LogP contribution >= 0.6 is 0 Å². The van der Waals surface area contributed by atoms with Gasteiger partial charge in [0.15, 0.2) is 0 Å². The normalized spacial score (nSPS) is 22.5. The molecule has 7 aromatic rings. The monoisotopic (exact) mass is 749 g/mol. The number of nitrogens with zero attached hydrogens (tertiary/aromatic N) is 3. The third kappa shape index (κ3) is 4.76. The fourth-order valence-electron chi connectivity index (χ4n) is 7.52. The molecule has 0 N–H and O–H groups in total. The zero-order valence-corrected chi connectivity index (χ0v) is 27.4. The molecule has 10 rings (SSSR count). The van der Waals surface area contributed by atoms with E-state index in [0.717, 1.165) is 49.6 Å². The molecular weight excluding hydrogens is 715 g/mol. The van der Waals surface area contributed by atoms with Gasteiger partial charge in [-0.1, -0.05) is 87.4 Å². The van der Waals surface area contributed by atoms with E-state index < -0.39 is 0 Å². The molecule has 3 saturated carbocycles. The van der Waals surface area contributed by atoms with Gasteiger partial charge in [-0.25, -0.2) is 4.98 Å². The minimum absolute atomic E-state index is 0. The van der Waals surface area contributed by atoms with E-state index >= 15 is 0 Å². The van der Waals surface area contributed by atoms with Gasteiger partial charge in [0.2, 0.25) is 0 Å². The number of para-hydroxylation sites is 2. The molecule has 0 saturated heterocycles. The first kappa shape index (κ1) is 28.9. The summed E-state index contributed by atoms with van der Waals surface area (Å²) in [6, 6.07) is 42.2. The molecule has 0 aliphatic heterocycles. The van der Waals surface area contributed by atoms with Gasteiger partial charge in [-0.15, -0.1) is 29.7 Å². The minimum atomic E-state index is 0. The topological polar surface area (TPSA) is 30.2 Å². The number of pyridine rings is 2. The number of aromatic nitrogens is 3. The Morgan fingerprint density at radius 2 is 1.50 bits per heavy atom. The zero-order chi connectivity index (χ0) is 29.0. The van der Waals surface area contributed by atoms with Crippen LogP contribution < -0.4 is 0 Å². The van der Waals surface area contributed by atoms with E-state index in [1.54, 1.807) is 0 Å². The van der Waals surface area contributed by atoms with Crippen molar-refractivity contribution in [1.82, 2.24) is 14.4 Å². The van der Waals surface area contributed by atoms with E-state index in [0.29, 0.717) is 16.7 Å². The summed E-state index contributed by atoms with van der Waals surface area (Å²) < 4.78 is 2.23. The second kappa shape index (κ2) is 11.3. The van der Waals surface area contributed by atoms with Crippen molar-refractivity contribution in [2.75, 3.05) is 0 Å². The van der Waals surface area contributed by atoms with Crippen LogP contribution in [0.3, 0.4) is 0 Å². The van der Waals surface area contributed by atoms with E-state index in [2.05, 4.69) is 116 Å². The number of hydrogen-bond donors (Lipinski definition) is 0. The first-order chi connectivity index (χ1) is 21.0. The van der Waals surface area contributed by atoms with Crippen LogP contribution in [-0.4, -0.2) is 14.4 Å². The van der Waals surface area contributed by atoms with Crippen molar-refractivity contribution in [3.63, 3.8) is 0 Å². The molecule has 0 amide bonds. The smallest absolute Gasteiger partial charge is 0.335 e. The fraction of sp³-hybridized carbons (Fsp3) is 0.225. The van der Waals surface area contributed by atoms with Gasteiger partial charge in [-0.3, -0.25) is 0 Å². The van der Waals surface area contributed by atoms with Crippen molar-refractivity contribution < 1.29 is 20.1 Å². The summed E-state index contributed by atoms with van der Waals surface area (Å²) in [5.41, 5.74) is 9.72. The predicted octanol–water partition coefficient (Wildman–Crippen LogP) is 10.0. The number of rotatable bonds is 2. The maximum atomic E-state index is 4.99. The van der Waals surface area contributed by atoms with Crippen molar-refractivity contribution in [2.45, 2.75) is 45.4 Å². The third-order valence-electron chi connectivity index (χ3n) is 10.1. The second-order valence-corrected chi connectivity index (χ2v) is 12.9. The van der Waals surface area contributed by atoms with Crippen LogP contribution in [0.15, 0.2) is 109 Å². The van der Waals surface area contributed by atoms with E-state index in [1.165, 1.54) is 31.2 Å². The van der Waals surface area contributed by atoms with Crippen LogP contribution in [-0.2, 0) is 20.1 Å². The summed E-state index contributed by atoms with van der Waals surface area (Å²) in [5, 5.41) is 2.08. The van der Waals surface area contributed by atoms with Crippen molar-refractivity contribution in [3.8, 4) is 11.1 Å². The number of fused-ring (bicyclic) bond motifs is 11. The van der Waals surface area contributed by atoms with Crippen molar-refractivity contribution in [2.24, 2.45) is 10.8 Å². The van der Waals surface area contributed by atoms with Gasteiger partial charge in [0, 0.05) is 17.1 Å². The molecule has 3 aromatic heterocycles. The molecule has 3 nitrogen and oxygen atoms in total. The van der Waals surface area contributed by atoms with Gasteiger partial charge >= 0.3 is 20.1 Å². The first-order valence-electron chi connectivity index (χ1n) is 15.4. The maximum absolute atomic E-state index is 4.99. The van der Waals surface area contributed by atoms with Crippen LogP contribution in [0.2, 0.25) is 0 Å². The van der Waals surface area contributed by atoms with Crippen molar-refractivity contribution in [1.29, 1.82) is 0 Å². The third-order valence-corrected chi connectivity index (χ3v) is 10.1. The SMILES string of the molecule is CC12[CH-]C(c3[c-]cccc3)C(C)(CC1)CC2.[Ir+3].[c-]1cccc2c1c1nccc(-c3ccccc3)c1c1nc3ccccc3n21. The van der Waals surface area contributed by atoms with Gasteiger partial charge < -0.3 is 15.8 Å². The Kier molecular flexibility index (Phi) is 7.39. The van der Waals surface area contributed by atoms with Crippen molar-refractivity contribution >= 4 is 38.5 Å². The molecule has 0 radical (unpaired) electrons. The fourth-order valence-corrected chi connectivity index (χ4v) is 7.52. The van der Waals surface area contributed by atoms with Crippen LogP contribution in [0, 0.1) is 29.4 Å². The van der Waals surface area contributed by atoms with Crippen LogP contribution in [0.1, 0.15) is 51.0 Å². The first-order valence-corrected chi connectivity index (χ1v) is 15.4. The Morgan fingerprint density at radius 1 is 0.773 bits per heavy atom. The van der Waals surface area contributed by atoms with Crippen LogP contribution in [0.5, 0.6) is 0 Å². The van der Waals surface area contributed by atoms with Crippen LogP contribution in [0.25, 0.3) is 49.6 Å². The quantitative estimate of drug-likeness (QED) is 0.130. The number of benzene rings is 4. The number of hydrogen-bond acceptors (Lipinski definition) is 2. The maximum Gasteiger partial charge on any atom is 3.00 e. The van der Waals surface area contributed by atoms with Gasteiger partial charge in [0.25, 0.3) is 0 Å². The van der Waals surface area contributed by atoms with Gasteiger partial charge in [0.05, 0.1) is 11.0 Å². The molecule has 3 heterocycles. The molecule has 44 heavy (non-hydrogen) atoms. The molecule has 4 heteroatoms. The average molecular weight is 749 g/mol. The van der Waals surface area contributed by atoms with Gasteiger partial charge in [-0.05, 0) is 34.8 Å². The molecule has 1 unspecified atom stereocenters. The summed E-state index contributed by atoms with van der Waals surface area (Å²) in [5.74, 6) is 0.626. The molecule has 218 valence electrons. The summed E-state index contributed by atoms with van der Waals surface area (Å²) >= 11 is 0. The Bertz CT molecular complexity index is 2090. The molecule has 0 spiro atoms. The minimum Gasteiger partial charge on any atom is -0.335 e. The zero-order valence-electron chi connectivity index (χ0n) is 25.1. The summed E-state index contributed by atoms with van der Waals surface area (Å²) in [6.45, 7) is 4.90. The van der Waals surface area contributed by atoms with Gasteiger partial charge in [0.1, 0.15) is 5.65 Å².